The maximum Gasteiger partial charge on any atom is 0.315 e. The zero-order chi connectivity index (χ0) is 11.6. The number of carboxylic acids is 1. The largest absolute Gasteiger partial charge is 0.497 e. The van der Waals surface area contributed by atoms with Crippen molar-refractivity contribution < 1.29 is 14.6 Å². The first-order chi connectivity index (χ1) is 7.69. The van der Waals surface area contributed by atoms with Crippen LogP contribution >= 0.6 is 0 Å². The maximum absolute atomic E-state index is 11.4. The number of methoxy groups -OCH3 is 1. The van der Waals surface area contributed by atoms with E-state index >= 15 is 0 Å². The van der Waals surface area contributed by atoms with Gasteiger partial charge in [0, 0.05) is 12.3 Å². The van der Waals surface area contributed by atoms with E-state index in [-0.39, 0.29) is 0 Å². The van der Waals surface area contributed by atoms with E-state index < -0.39 is 11.4 Å². The van der Waals surface area contributed by atoms with Gasteiger partial charge in [-0.05, 0) is 18.9 Å². The molecule has 1 aromatic heterocycles. The second-order valence-electron chi connectivity index (χ2n) is 4.18. The Morgan fingerprint density at radius 2 is 2.19 bits per heavy atom. The van der Waals surface area contributed by atoms with E-state index in [2.05, 4.69) is 4.98 Å². The summed E-state index contributed by atoms with van der Waals surface area (Å²) >= 11 is 0. The van der Waals surface area contributed by atoms with Crippen LogP contribution in [0.2, 0.25) is 0 Å². The minimum absolute atomic E-state index is 0.622. The molecule has 0 aliphatic heterocycles. The Bertz CT molecular complexity index is 397. The summed E-state index contributed by atoms with van der Waals surface area (Å²) in [7, 11) is 1.57. The highest BCUT2D eigenvalue weighted by molar-refractivity contribution is 5.81. The molecule has 1 fully saturated rings. The standard InChI is InChI=1S/C12H15NO3/c1-16-9-4-7-13-10(8-9)12(11(14)15)5-2-3-6-12/h4,7-8H,2-3,5-6H2,1H3,(H,14,15). The van der Waals surface area contributed by atoms with Crippen LogP contribution < -0.4 is 4.74 Å². The molecule has 1 heterocycles. The van der Waals surface area contributed by atoms with Crippen LogP contribution in [0.1, 0.15) is 31.4 Å². The van der Waals surface area contributed by atoms with E-state index in [1.54, 1.807) is 25.4 Å². The van der Waals surface area contributed by atoms with E-state index in [1.807, 2.05) is 0 Å². The third kappa shape index (κ3) is 1.64. The lowest BCUT2D eigenvalue weighted by Crippen LogP contribution is -2.33. The molecule has 1 saturated carbocycles. The Morgan fingerprint density at radius 1 is 1.50 bits per heavy atom. The van der Waals surface area contributed by atoms with Crippen LogP contribution in [0.3, 0.4) is 0 Å². The number of pyridine rings is 1. The van der Waals surface area contributed by atoms with Gasteiger partial charge in [-0.3, -0.25) is 9.78 Å². The van der Waals surface area contributed by atoms with Crippen LogP contribution in [-0.4, -0.2) is 23.2 Å². The Hall–Kier alpha value is -1.58. The lowest BCUT2D eigenvalue weighted by molar-refractivity contribution is -0.143. The van der Waals surface area contributed by atoms with Crippen molar-refractivity contribution in [3.05, 3.63) is 24.0 Å². The van der Waals surface area contributed by atoms with Gasteiger partial charge in [-0.15, -0.1) is 0 Å². The van der Waals surface area contributed by atoms with Gasteiger partial charge >= 0.3 is 5.97 Å². The van der Waals surface area contributed by atoms with Crippen molar-refractivity contribution in [3.8, 4) is 5.75 Å². The topological polar surface area (TPSA) is 59.4 Å². The van der Waals surface area contributed by atoms with Gasteiger partial charge in [-0.2, -0.15) is 0 Å². The summed E-state index contributed by atoms with van der Waals surface area (Å²) in [6.07, 6.45) is 4.85. The molecule has 0 amide bonds. The normalized spacial score (nSPS) is 18.3. The second kappa shape index (κ2) is 4.12. The van der Waals surface area contributed by atoms with E-state index in [0.717, 1.165) is 12.8 Å². The van der Waals surface area contributed by atoms with Crippen molar-refractivity contribution in [3.63, 3.8) is 0 Å². The molecule has 0 atom stereocenters. The van der Waals surface area contributed by atoms with E-state index in [4.69, 9.17) is 4.74 Å². The molecule has 2 rings (SSSR count). The first-order valence-electron chi connectivity index (χ1n) is 5.43. The first-order valence-corrected chi connectivity index (χ1v) is 5.43. The maximum atomic E-state index is 11.4. The Balaban J connectivity index is 2.43. The van der Waals surface area contributed by atoms with Crippen LogP contribution in [0.15, 0.2) is 18.3 Å². The average molecular weight is 221 g/mol. The lowest BCUT2D eigenvalue weighted by Gasteiger charge is -2.23. The van der Waals surface area contributed by atoms with Crippen molar-refractivity contribution in [1.82, 2.24) is 4.98 Å². The number of carboxylic acid groups (broad SMARTS) is 1. The molecule has 4 heteroatoms. The summed E-state index contributed by atoms with van der Waals surface area (Å²) in [6, 6.07) is 3.47. The van der Waals surface area contributed by atoms with Gasteiger partial charge in [0.25, 0.3) is 0 Å². The summed E-state index contributed by atoms with van der Waals surface area (Å²) in [4.78, 5) is 15.6. The number of aromatic nitrogens is 1. The molecule has 16 heavy (non-hydrogen) atoms. The van der Waals surface area contributed by atoms with Gasteiger partial charge in [0.2, 0.25) is 0 Å². The molecule has 86 valence electrons. The van der Waals surface area contributed by atoms with Gasteiger partial charge in [0.05, 0.1) is 12.8 Å². The zero-order valence-corrected chi connectivity index (χ0v) is 9.27. The smallest absolute Gasteiger partial charge is 0.315 e. The summed E-state index contributed by atoms with van der Waals surface area (Å²) < 4.78 is 5.11. The average Bonchev–Trinajstić information content (AvgIpc) is 2.79. The van der Waals surface area contributed by atoms with Crippen molar-refractivity contribution >= 4 is 5.97 Å². The molecule has 1 aliphatic carbocycles. The number of rotatable bonds is 3. The predicted molar refractivity (Wildman–Crippen MR) is 58.6 cm³/mol. The third-order valence-electron chi connectivity index (χ3n) is 3.32. The summed E-state index contributed by atoms with van der Waals surface area (Å²) in [6.45, 7) is 0. The zero-order valence-electron chi connectivity index (χ0n) is 9.27. The first kappa shape index (κ1) is 10.9. The summed E-state index contributed by atoms with van der Waals surface area (Å²) in [5.41, 5.74) is -0.175. The number of aliphatic carboxylic acids is 1. The van der Waals surface area contributed by atoms with Crippen LogP contribution in [0.4, 0.5) is 0 Å². The van der Waals surface area contributed by atoms with Gasteiger partial charge in [-0.25, -0.2) is 0 Å². The van der Waals surface area contributed by atoms with Crippen molar-refractivity contribution in [1.29, 1.82) is 0 Å². The second-order valence-corrected chi connectivity index (χ2v) is 4.18. The van der Waals surface area contributed by atoms with Crippen molar-refractivity contribution in [2.24, 2.45) is 0 Å². The minimum atomic E-state index is -0.797. The Kier molecular flexibility index (Phi) is 2.81. The van der Waals surface area contributed by atoms with Gasteiger partial charge in [-0.1, -0.05) is 12.8 Å². The fraction of sp³-hybridized carbons (Fsp3) is 0.500. The quantitative estimate of drug-likeness (QED) is 0.847. The number of hydrogen-bond donors (Lipinski definition) is 1. The van der Waals surface area contributed by atoms with E-state index in [1.165, 1.54) is 0 Å². The van der Waals surface area contributed by atoms with Gasteiger partial charge in [0.1, 0.15) is 11.2 Å². The van der Waals surface area contributed by atoms with Crippen LogP contribution in [0.25, 0.3) is 0 Å². The molecule has 0 unspecified atom stereocenters. The molecule has 0 spiro atoms. The van der Waals surface area contributed by atoms with Crippen LogP contribution in [-0.2, 0) is 10.2 Å². The molecule has 0 bridgehead atoms. The van der Waals surface area contributed by atoms with Gasteiger partial charge in [0.15, 0.2) is 0 Å². The fourth-order valence-corrected chi connectivity index (χ4v) is 2.36. The predicted octanol–water partition coefficient (Wildman–Crippen LogP) is 1.99. The van der Waals surface area contributed by atoms with Crippen molar-refractivity contribution in [2.45, 2.75) is 31.1 Å². The Labute approximate surface area is 94.3 Å². The van der Waals surface area contributed by atoms with Gasteiger partial charge < -0.3 is 9.84 Å². The highest BCUT2D eigenvalue weighted by atomic mass is 16.5. The molecular formula is C12H15NO3. The SMILES string of the molecule is COc1ccnc(C2(C(=O)O)CCCC2)c1. The van der Waals surface area contributed by atoms with Crippen molar-refractivity contribution in [2.75, 3.05) is 7.11 Å². The molecule has 0 radical (unpaired) electrons. The third-order valence-corrected chi connectivity index (χ3v) is 3.32. The fourth-order valence-electron chi connectivity index (χ4n) is 2.36. The number of nitrogens with zero attached hydrogens (tertiary/aromatic N) is 1. The monoisotopic (exact) mass is 221 g/mol. The van der Waals surface area contributed by atoms with E-state index in [0.29, 0.717) is 24.3 Å². The molecule has 0 saturated heterocycles. The van der Waals surface area contributed by atoms with Crippen LogP contribution in [0.5, 0.6) is 5.75 Å². The molecule has 1 aromatic rings. The molecular weight excluding hydrogens is 206 g/mol. The number of ether oxygens (including phenoxy) is 1. The Morgan fingerprint density at radius 3 is 2.75 bits per heavy atom. The number of hydrogen-bond acceptors (Lipinski definition) is 3. The number of carbonyl (C=O) groups is 1. The van der Waals surface area contributed by atoms with Crippen LogP contribution in [0, 0.1) is 0 Å². The summed E-state index contributed by atoms with van der Waals surface area (Å²) in [5.74, 6) is -0.108. The lowest BCUT2D eigenvalue weighted by atomic mass is 9.82. The highest BCUT2D eigenvalue weighted by Gasteiger charge is 2.44. The molecule has 1 N–H and O–H groups in total. The molecule has 4 nitrogen and oxygen atoms in total. The molecule has 0 aromatic carbocycles. The van der Waals surface area contributed by atoms with E-state index in [9.17, 15) is 9.90 Å². The summed E-state index contributed by atoms with van der Waals surface area (Å²) in [5, 5.41) is 9.40. The highest BCUT2D eigenvalue weighted by Crippen LogP contribution is 2.41. The minimum Gasteiger partial charge on any atom is -0.497 e. The molecule has 1 aliphatic rings.